The summed E-state index contributed by atoms with van der Waals surface area (Å²) in [6.45, 7) is 9.54. The largest absolute Gasteiger partial charge is 0.301 e. The van der Waals surface area contributed by atoms with Gasteiger partial charge in [-0.25, -0.2) is 0 Å². The molecule has 0 aromatic carbocycles. The van der Waals surface area contributed by atoms with E-state index < -0.39 is 0 Å². The van der Waals surface area contributed by atoms with E-state index in [1.807, 2.05) is 0 Å². The van der Waals surface area contributed by atoms with Crippen LogP contribution in [0.1, 0.15) is 32.6 Å². The van der Waals surface area contributed by atoms with Gasteiger partial charge in [0, 0.05) is 45.6 Å². The van der Waals surface area contributed by atoms with Crippen molar-refractivity contribution in [3.8, 4) is 0 Å². The molecule has 0 spiro atoms. The van der Waals surface area contributed by atoms with Crippen LogP contribution in [0.25, 0.3) is 0 Å². The zero-order valence-electron chi connectivity index (χ0n) is 10.5. The summed E-state index contributed by atoms with van der Waals surface area (Å²) in [5.74, 6) is 1.26. The molecule has 1 aliphatic carbocycles. The molecular formula is C13H24N2O. The third-order valence-electron chi connectivity index (χ3n) is 4.09. The highest BCUT2D eigenvalue weighted by molar-refractivity contribution is 5.79. The van der Waals surface area contributed by atoms with Gasteiger partial charge in [-0.2, -0.15) is 0 Å². The van der Waals surface area contributed by atoms with E-state index in [1.54, 1.807) is 0 Å². The van der Waals surface area contributed by atoms with Crippen LogP contribution in [0.3, 0.4) is 0 Å². The Bertz CT molecular complexity index is 224. The van der Waals surface area contributed by atoms with Gasteiger partial charge in [-0.15, -0.1) is 0 Å². The van der Waals surface area contributed by atoms with Crippen LogP contribution >= 0.6 is 0 Å². The summed E-state index contributed by atoms with van der Waals surface area (Å²) < 4.78 is 0. The van der Waals surface area contributed by atoms with E-state index in [2.05, 4.69) is 16.7 Å². The van der Waals surface area contributed by atoms with Crippen molar-refractivity contribution in [3.63, 3.8) is 0 Å². The lowest BCUT2D eigenvalue weighted by Gasteiger charge is -2.36. The number of ketones is 1. The number of likely N-dealkylation sites (N-methyl/N-ethyl adjacent to an activating group) is 1. The van der Waals surface area contributed by atoms with Crippen molar-refractivity contribution in [2.45, 2.75) is 32.6 Å². The molecule has 92 valence electrons. The number of carbonyl (C=O) groups is 1. The molecule has 0 aromatic rings. The second-order valence-electron chi connectivity index (χ2n) is 5.22. The normalized spacial score (nSPS) is 26.2. The van der Waals surface area contributed by atoms with E-state index >= 15 is 0 Å². The second-order valence-corrected chi connectivity index (χ2v) is 5.22. The zero-order valence-corrected chi connectivity index (χ0v) is 10.5. The Morgan fingerprint density at radius 2 is 1.62 bits per heavy atom. The molecule has 0 unspecified atom stereocenters. The summed E-state index contributed by atoms with van der Waals surface area (Å²) in [6, 6.07) is 0. The highest BCUT2D eigenvalue weighted by Gasteiger charge is 2.23. The minimum absolute atomic E-state index is 0.479. The lowest BCUT2D eigenvalue weighted by atomic mass is 9.88. The molecule has 2 aliphatic rings. The van der Waals surface area contributed by atoms with Gasteiger partial charge in [-0.3, -0.25) is 4.79 Å². The molecule has 16 heavy (non-hydrogen) atoms. The van der Waals surface area contributed by atoms with Gasteiger partial charge in [-0.05, 0) is 25.3 Å². The number of rotatable bonds is 3. The van der Waals surface area contributed by atoms with Gasteiger partial charge < -0.3 is 9.80 Å². The molecule has 1 heterocycles. The minimum Gasteiger partial charge on any atom is -0.301 e. The second kappa shape index (κ2) is 5.78. The van der Waals surface area contributed by atoms with Gasteiger partial charge in [0.2, 0.25) is 0 Å². The van der Waals surface area contributed by atoms with E-state index in [1.165, 1.54) is 39.3 Å². The summed E-state index contributed by atoms with van der Waals surface area (Å²) in [5, 5.41) is 0. The molecule has 3 heteroatoms. The molecule has 1 aliphatic heterocycles. The van der Waals surface area contributed by atoms with Gasteiger partial charge >= 0.3 is 0 Å². The maximum absolute atomic E-state index is 11.2. The standard InChI is InChI=1S/C13H24N2O/c1-2-14-7-9-15(10-8-14)11-12-3-5-13(16)6-4-12/h12H,2-11H2,1H3. The van der Waals surface area contributed by atoms with E-state index in [9.17, 15) is 4.79 Å². The van der Waals surface area contributed by atoms with Gasteiger partial charge in [0.05, 0.1) is 0 Å². The van der Waals surface area contributed by atoms with Crippen molar-refractivity contribution in [2.75, 3.05) is 39.3 Å². The molecule has 2 fully saturated rings. The van der Waals surface area contributed by atoms with Crippen LogP contribution in [0.5, 0.6) is 0 Å². The predicted molar refractivity (Wildman–Crippen MR) is 65.5 cm³/mol. The van der Waals surface area contributed by atoms with E-state index in [-0.39, 0.29) is 0 Å². The summed E-state index contributed by atoms with van der Waals surface area (Å²) in [5.41, 5.74) is 0. The SMILES string of the molecule is CCN1CCN(CC2CCC(=O)CC2)CC1. The Labute approximate surface area is 98.8 Å². The highest BCUT2D eigenvalue weighted by Crippen LogP contribution is 2.22. The third kappa shape index (κ3) is 3.29. The topological polar surface area (TPSA) is 23.6 Å². The van der Waals surface area contributed by atoms with Crippen molar-refractivity contribution < 1.29 is 4.79 Å². The Kier molecular flexibility index (Phi) is 4.36. The highest BCUT2D eigenvalue weighted by atomic mass is 16.1. The first-order chi connectivity index (χ1) is 7.78. The smallest absolute Gasteiger partial charge is 0.132 e. The van der Waals surface area contributed by atoms with Gasteiger partial charge in [0.1, 0.15) is 5.78 Å². The fourth-order valence-corrected chi connectivity index (χ4v) is 2.84. The predicted octanol–water partition coefficient (Wildman–Crippen LogP) is 1.38. The number of hydrogen-bond acceptors (Lipinski definition) is 3. The summed E-state index contributed by atoms with van der Waals surface area (Å²) >= 11 is 0. The first-order valence-corrected chi connectivity index (χ1v) is 6.74. The van der Waals surface area contributed by atoms with Crippen LogP contribution in [0.4, 0.5) is 0 Å². The Hall–Kier alpha value is -0.410. The molecule has 0 amide bonds. The van der Waals surface area contributed by atoms with Gasteiger partial charge in [0.15, 0.2) is 0 Å². The lowest BCUT2D eigenvalue weighted by molar-refractivity contribution is -0.121. The molecule has 2 rings (SSSR count). The van der Waals surface area contributed by atoms with E-state index in [0.29, 0.717) is 5.78 Å². The van der Waals surface area contributed by atoms with Crippen molar-refractivity contribution in [2.24, 2.45) is 5.92 Å². The molecule has 0 aromatic heterocycles. The zero-order chi connectivity index (χ0) is 11.4. The van der Waals surface area contributed by atoms with Crippen LogP contribution < -0.4 is 0 Å². The average Bonchev–Trinajstić information content (AvgIpc) is 2.33. The van der Waals surface area contributed by atoms with Gasteiger partial charge in [-0.1, -0.05) is 6.92 Å². The van der Waals surface area contributed by atoms with E-state index in [4.69, 9.17) is 0 Å². The monoisotopic (exact) mass is 224 g/mol. The molecule has 0 radical (unpaired) electrons. The van der Waals surface area contributed by atoms with Crippen LogP contribution in [0.2, 0.25) is 0 Å². The maximum Gasteiger partial charge on any atom is 0.132 e. The molecule has 1 saturated carbocycles. The van der Waals surface area contributed by atoms with Crippen LogP contribution in [-0.4, -0.2) is 54.9 Å². The third-order valence-corrected chi connectivity index (χ3v) is 4.09. The van der Waals surface area contributed by atoms with Crippen molar-refractivity contribution >= 4 is 5.78 Å². The summed E-state index contributed by atoms with van der Waals surface area (Å²) in [6.07, 6.45) is 3.93. The van der Waals surface area contributed by atoms with Crippen LogP contribution in [-0.2, 0) is 4.79 Å². The fraction of sp³-hybridized carbons (Fsp3) is 0.923. The first-order valence-electron chi connectivity index (χ1n) is 6.74. The number of nitrogens with zero attached hydrogens (tertiary/aromatic N) is 2. The lowest BCUT2D eigenvalue weighted by Crippen LogP contribution is -2.47. The quantitative estimate of drug-likeness (QED) is 0.723. The summed E-state index contributed by atoms with van der Waals surface area (Å²) in [4.78, 5) is 16.3. The fourth-order valence-electron chi connectivity index (χ4n) is 2.84. The Morgan fingerprint density at radius 3 is 2.19 bits per heavy atom. The molecule has 3 nitrogen and oxygen atoms in total. The van der Waals surface area contributed by atoms with Gasteiger partial charge in [0.25, 0.3) is 0 Å². The van der Waals surface area contributed by atoms with Crippen LogP contribution in [0, 0.1) is 5.92 Å². The van der Waals surface area contributed by atoms with E-state index in [0.717, 1.165) is 31.6 Å². The molecule has 0 N–H and O–H groups in total. The molecule has 0 atom stereocenters. The molecule has 1 saturated heterocycles. The average molecular weight is 224 g/mol. The number of Topliss-reactive ketones (excluding diaryl/α,β-unsaturated/α-hetero) is 1. The van der Waals surface area contributed by atoms with Crippen molar-refractivity contribution in [1.29, 1.82) is 0 Å². The number of piperazine rings is 1. The Balaban J connectivity index is 1.68. The number of carbonyl (C=O) groups excluding carboxylic acids is 1. The molecular weight excluding hydrogens is 200 g/mol. The first kappa shape index (κ1) is 12.1. The van der Waals surface area contributed by atoms with Crippen LogP contribution in [0.15, 0.2) is 0 Å². The van der Waals surface area contributed by atoms with Crippen molar-refractivity contribution in [3.05, 3.63) is 0 Å². The maximum atomic E-state index is 11.2. The summed E-state index contributed by atoms with van der Waals surface area (Å²) in [7, 11) is 0. The van der Waals surface area contributed by atoms with Crippen molar-refractivity contribution in [1.82, 2.24) is 9.80 Å². The molecule has 0 bridgehead atoms. The number of hydrogen-bond donors (Lipinski definition) is 0. The Morgan fingerprint density at radius 1 is 1.06 bits per heavy atom. The minimum atomic E-state index is 0.479.